The van der Waals surface area contributed by atoms with E-state index in [9.17, 15) is 22.4 Å². The number of alkyl halides is 3. The molecule has 0 N–H and O–H groups in total. The highest BCUT2D eigenvalue weighted by atomic mass is 35.5. The molecule has 15 heavy (non-hydrogen) atoms. The Morgan fingerprint density at radius 3 is 2.40 bits per heavy atom. The van der Waals surface area contributed by atoms with Crippen molar-refractivity contribution in [2.24, 2.45) is 0 Å². The summed E-state index contributed by atoms with van der Waals surface area (Å²) in [5, 5.41) is -1.35. The van der Waals surface area contributed by atoms with E-state index in [1.807, 2.05) is 0 Å². The molecule has 0 heterocycles. The maximum Gasteiger partial charge on any atom is 0.573 e. The van der Waals surface area contributed by atoms with E-state index in [1.165, 1.54) is 0 Å². The number of carbonyl (C=O) groups is 1. The number of halogens is 5. The van der Waals surface area contributed by atoms with Gasteiger partial charge >= 0.3 is 6.36 Å². The number of benzene rings is 1. The van der Waals surface area contributed by atoms with Gasteiger partial charge in [0.05, 0.1) is 0 Å². The molecule has 0 amide bonds. The van der Waals surface area contributed by atoms with E-state index in [-0.39, 0.29) is 0 Å². The van der Waals surface area contributed by atoms with Crippen LogP contribution in [-0.4, -0.2) is 11.6 Å². The minimum atomic E-state index is -5.01. The summed E-state index contributed by atoms with van der Waals surface area (Å²) in [4.78, 5) is 10.7. The Kier molecular flexibility index (Phi) is 3.18. The van der Waals surface area contributed by atoms with E-state index in [0.29, 0.717) is 0 Å². The van der Waals surface area contributed by atoms with Gasteiger partial charge in [-0.3, -0.25) is 4.79 Å². The molecule has 0 aliphatic heterocycles. The minimum absolute atomic E-state index is 0.798. The van der Waals surface area contributed by atoms with Crippen LogP contribution in [0.25, 0.3) is 0 Å². The first-order chi connectivity index (χ1) is 6.81. The van der Waals surface area contributed by atoms with Crippen molar-refractivity contribution in [2.45, 2.75) is 6.36 Å². The predicted molar refractivity (Wildman–Crippen MR) is 43.3 cm³/mol. The molecule has 7 heteroatoms. The lowest BCUT2D eigenvalue weighted by Gasteiger charge is -2.11. The lowest BCUT2D eigenvalue weighted by Crippen LogP contribution is -2.19. The van der Waals surface area contributed by atoms with Crippen molar-refractivity contribution in [3.63, 3.8) is 0 Å². The highest BCUT2D eigenvalue weighted by Crippen LogP contribution is 2.28. The summed E-state index contributed by atoms with van der Waals surface area (Å²) in [7, 11) is 0. The van der Waals surface area contributed by atoms with E-state index in [4.69, 9.17) is 11.6 Å². The Morgan fingerprint density at radius 1 is 1.33 bits per heavy atom. The highest BCUT2D eigenvalue weighted by Gasteiger charge is 2.33. The van der Waals surface area contributed by atoms with Crippen LogP contribution in [0.3, 0.4) is 0 Å². The van der Waals surface area contributed by atoms with Gasteiger partial charge in [-0.05, 0) is 23.7 Å². The average Bonchev–Trinajstić information content (AvgIpc) is 1.99. The van der Waals surface area contributed by atoms with Crippen LogP contribution in [-0.2, 0) is 0 Å². The number of ether oxygens (including phenoxy) is 1. The van der Waals surface area contributed by atoms with Gasteiger partial charge in [-0.25, -0.2) is 4.39 Å². The fourth-order valence-electron chi connectivity index (χ4n) is 0.905. The third-order valence-electron chi connectivity index (χ3n) is 1.40. The van der Waals surface area contributed by atoms with E-state index in [2.05, 4.69) is 4.74 Å². The van der Waals surface area contributed by atoms with Gasteiger partial charge in [0.2, 0.25) is 0 Å². The van der Waals surface area contributed by atoms with Gasteiger partial charge in [0, 0.05) is 0 Å². The Bertz CT molecular complexity index is 389. The van der Waals surface area contributed by atoms with Crippen molar-refractivity contribution in [1.29, 1.82) is 0 Å². The summed E-state index contributed by atoms with van der Waals surface area (Å²) in [5.41, 5.74) is -0.934. The van der Waals surface area contributed by atoms with Crippen molar-refractivity contribution in [3.8, 4) is 5.75 Å². The van der Waals surface area contributed by atoms with Crippen molar-refractivity contribution < 1.29 is 27.1 Å². The molecule has 0 saturated carbocycles. The molecule has 0 fully saturated rings. The Labute approximate surface area is 86.4 Å². The van der Waals surface area contributed by atoms with Gasteiger partial charge in [-0.2, -0.15) is 0 Å². The topological polar surface area (TPSA) is 26.3 Å². The Morgan fingerprint density at radius 2 is 1.93 bits per heavy atom. The summed E-state index contributed by atoms with van der Waals surface area (Å²) in [6.07, 6.45) is -5.01. The summed E-state index contributed by atoms with van der Waals surface area (Å²) in [5.74, 6) is -2.13. The highest BCUT2D eigenvalue weighted by molar-refractivity contribution is 6.68. The molecule has 0 aliphatic carbocycles. The number of hydrogen-bond donors (Lipinski definition) is 0. The second kappa shape index (κ2) is 4.06. The smallest absolute Gasteiger partial charge is 0.405 e. The van der Waals surface area contributed by atoms with Crippen LogP contribution >= 0.6 is 11.6 Å². The van der Waals surface area contributed by atoms with Gasteiger partial charge in [0.15, 0.2) is 0 Å². The lowest BCUT2D eigenvalue weighted by molar-refractivity contribution is -0.274. The fraction of sp³-hybridized carbons (Fsp3) is 0.125. The summed E-state index contributed by atoms with van der Waals surface area (Å²) in [6, 6.07) is 2.57. The van der Waals surface area contributed by atoms with Crippen LogP contribution in [0.2, 0.25) is 0 Å². The van der Waals surface area contributed by atoms with Gasteiger partial charge in [-0.15, -0.1) is 13.2 Å². The molecule has 0 atom stereocenters. The molecule has 1 aromatic carbocycles. The van der Waals surface area contributed by atoms with E-state index in [1.54, 1.807) is 0 Å². The predicted octanol–water partition coefficient (Wildman–Crippen LogP) is 3.10. The fourth-order valence-corrected chi connectivity index (χ4v) is 1.09. The number of carbonyl (C=O) groups excluding carboxylic acids is 1. The van der Waals surface area contributed by atoms with E-state index < -0.39 is 28.7 Å². The van der Waals surface area contributed by atoms with Crippen molar-refractivity contribution in [1.82, 2.24) is 0 Å². The van der Waals surface area contributed by atoms with Gasteiger partial charge in [0.1, 0.15) is 17.1 Å². The molecule has 0 radical (unpaired) electrons. The van der Waals surface area contributed by atoms with Crippen LogP contribution in [0.4, 0.5) is 17.6 Å². The van der Waals surface area contributed by atoms with Gasteiger partial charge in [0.25, 0.3) is 5.24 Å². The SMILES string of the molecule is O=C(Cl)c1c(F)cccc1OC(F)(F)F. The van der Waals surface area contributed by atoms with Crippen molar-refractivity contribution >= 4 is 16.8 Å². The molecular formula is C8H3ClF4O2. The molecule has 0 aromatic heterocycles. The zero-order valence-electron chi connectivity index (χ0n) is 6.94. The summed E-state index contributed by atoms with van der Waals surface area (Å²) < 4.78 is 51.8. The number of rotatable bonds is 2. The van der Waals surface area contributed by atoms with Crippen LogP contribution in [0.1, 0.15) is 10.4 Å². The first-order valence-electron chi connectivity index (χ1n) is 3.55. The van der Waals surface area contributed by atoms with Crippen LogP contribution in [0, 0.1) is 5.82 Å². The third kappa shape index (κ3) is 3.09. The first kappa shape index (κ1) is 11.8. The monoisotopic (exact) mass is 242 g/mol. The van der Waals surface area contributed by atoms with E-state index in [0.717, 1.165) is 18.2 Å². The molecule has 82 valence electrons. The lowest BCUT2D eigenvalue weighted by atomic mass is 10.2. The molecule has 1 rings (SSSR count). The zero-order valence-corrected chi connectivity index (χ0v) is 7.69. The Hall–Kier alpha value is -1.30. The van der Waals surface area contributed by atoms with Gasteiger partial charge in [-0.1, -0.05) is 6.07 Å². The molecule has 0 bridgehead atoms. The maximum absolute atomic E-state index is 12.9. The van der Waals surface area contributed by atoms with Crippen molar-refractivity contribution in [2.75, 3.05) is 0 Å². The molecule has 0 saturated heterocycles. The zero-order chi connectivity index (χ0) is 11.6. The number of hydrogen-bond acceptors (Lipinski definition) is 2. The Balaban J connectivity index is 3.18. The standard InChI is InChI=1S/C8H3ClF4O2/c9-7(14)6-4(10)2-1-3-5(6)15-8(11,12)13/h1-3H. The second-order valence-corrected chi connectivity index (χ2v) is 2.78. The second-order valence-electron chi connectivity index (χ2n) is 2.43. The molecule has 0 unspecified atom stereocenters. The first-order valence-corrected chi connectivity index (χ1v) is 3.93. The molecule has 0 aliphatic rings. The summed E-state index contributed by atoms with van der Waals surface area (Å²) in [6.45, 7) is 0. The summed E-state index contributed by atoms with van der Waals surface area (Å²) >= 11 is 4.92. The molecule has 0 spiro atoms. The van der Waals surface area contributed by atoms with Crippen LogP contribution in [0.15, 0.2) is 18.2 Å². The molecule has 1 aromatic rings. The largest absolute Gasteiger partial charge is 0.573 e. The van der Waals surface area contributed by atoms with Crippen LogP contribution in [0.5, 0.6) is 5.75 Å². The average molecular weight is 243 g/mol. The molecular weight excluding hydrogens is 240 g/mol. The normalized spacial score (nSPS) is 11.3. The van der Waals surface area contributed by atoms with E-state index >= 15 is 0 Å². The van der Waals surface area contributed by atoms with Gasteiger partial charge < -0.3 is 4.74 Å². The van der Waals surface area contributed by atoms with Crippen molar-refractivity contribution in [3.05, 3.63) is 29.6 Å². The quantitative estimate of drug-likeness (QED) is 0.588. The maximum atomic E-state index is 12.9. The minimum Gasteiger partial charge on any atom is -0.405 e. The van der Waals surface area contributed by atoms with Crippen LogP contribution < -0.4 is 4.74 Å². The molecule has 2 nitrogen and oxygen atoms in total. The third-order valence-corrected chi connectivity index (χ3v) is 1.59.